The van der Waals surface area contributed by atoms with Gasteiger partial charge >= 0.3 is 0 Å². The van der Waals surface area contributed by atoms with Gasteiger partial charge in [0.2, 0.25) is 0 Å². The first kappa shape index (κ1) is 13.0. The minimum Gasteiger partial charge on any atom is -0.293 e. The second kappa shape index (κ2) is 4.58. The molecule has 0 bridgehead atoms. The van der Waals surface area contributed by atoms with Gasteiger partial charge in [-0.3, -0.25) is 4.40 Å². The van der Waals surface area contributed by atoms with Crippen LogP contribution in [-0.4, -0.2) is 9.38 Å². The number of hydrogen-bond donors (Lipinski definition) is 0. The average Bonchev–Trinajstić information content (AvgIpc) is 3.07. The first-order valence-corrected chi connectivity index (χ1v) is 8.49. The highest BCUT2D eigenvalue weighted by Crippen LogP contribution is 2.35. The summed E-state index contributed by atoms with van der Waals surface area (Å²) in [7, 11) is 0. The van der Waals surface area contributed by atoms with Gasteiger partial charge in [0.25, 0.3) is 0 Å². The Bertz CT molecular complexity index is 1440. The zero-order valence-electron chi connectivity index (χ0n) is 13.5. The number of rotatable bonds is 0. The Morgan fingerprint density at radius 1 is 0.560 bits per heavy atom. The van der Waals surface area contributed by atoms with Crippen LogP contribution in [-0.2, 0) is 0 Å². The summed E-state index contributed by atoms with van der Waals surface area (Å²) < 4.78 is 2.29. The van der Waals surface area contributed by atoms with Gasteiger partial charge in [0, 0.05) is 22.4 Å². The Labute approximate surface area is 143 Å². The quantitative estimate of drug-likeness (QED) is 0.250. The first-order valence-electron chi connectivity index (χ1n) is 8.49. The van der Waals surface area contributed by atoms with Crippen LogP contribution in [0, 0.1) is 0 Å². The summed E-state index contributed by atoms with van der Waals surface area (Å²) in [5, 5.41) is 7.51. The van der Waals surface area contributed by atoms with Gasteiger partial charge in [0.05, 0.1) is 11.0 Å². The molecule has 2 nitrogen and oxygen atoms in total. The average molecular weight is 318 g/mol. The first-order chi connectivity index (χ1) is 12.4. The van der Waals surface area contributed by atoms with E-state index in [1.165, 1.54) is 43.4 Å². The van der Waals surface area contributed by atoms with Crippen LogP contribution in [0.15, 0.2) is 85.1 Å². The monoisotopic (exact) mass is 318 g/mol. The van der Waals surface area contributed by atoms with Crippen molar-refractivity contribution in [3.8, 4) is 0 Å². The van der Waals surface area contributed by atoms with Crippen molar-refractivity contribution in [2.75, 3.05) is 0 Å². The Hall–Kier alpha value is -3.39. The zero-order valence-corrected chi connectivity index (χ0v) is 13.5. The summed E-state index contributed by atoms with van der Waals surface area (Å²) in [5.41, 5.74) is 3.44. The smallest absolute Gasteiger partial charge is 0.145 e. The molecule has 25 heavy (non-hydrogen) atoms. The summed E-state index contributed by atoms with van der Waals surface area (Å²) >= 11 is 0. The van der Waals surface area contributed by atoms with Crippen LogP contribution in [0.25, 0.3) is 49.0 Å². The maximum absolute atomic E-state index is 4.72. The van der Waals surface area contributed by atoms with Crippen LogP contribution in [0.1, 0.15) is 0 Å². The van der Waals surface area contributed by atoms with Crippen molar-refractivity contribution in [1.82, 2.24) is 9.38 Å². The number of para-hydroxylation sites is 1. The molecule has 6 rings (SSSR count). The highest BCUT2D eigenvalue weighted by molar-refractivity contribution is 6.18. The molecule has 0 fully saturated rings. The molecule has 0 atom stereocenters. The highest BCUT2D eigenvalue weighted by atomic mass is 15.0. The van der Waals surface area contributed by atoms with Gasteiger partial charge in [-0.15, -0.1) is 0 Å². The van der Waals surface area contributed by atoms with E-state index in [9.17, 15) is 0 Å². The zero-order chi connectivity index (χ0) is 16.4. The highest BCUT2D eigenvalue weighted by Gasteiger charge is 2.13. The molecule has 2 heteroatoms. The third-order valence-corrected chi connectivity index (χ3v) is 5.16. The minimum absolute atomic E-state index is 1.02. The lowest BCUT2D eigenvalue weighted by Gasteiger charge is -2.10. The van der Waals surface area contributed by atoms with Crippen LogP contribution < -0.4 is 0 Å². The SMILES string of the molecule is c1ccc2cc3c(cc2c1)c1cccnc1n1c2ccccc2cc31. The molecule has 0 unspecified atom stereocenters. The van der Waals surface area contributed by atoms with Crippen molar-refractivity contribution in [2.24, 2.45) is 0 Å². The summed E-state index contributed by atoms with van der Waals surface area (Å²) in [6.45, 7) is 0. The predicted molar refractivity (Wildman–Crippen MR) is 105 cm³/mol. The van der Waals surface area contributed by atoms with Gasteiger partial charge in [-0.2, -0.15) is 0 Å². The van der Waals surface area contributed by atoms with E-state index in [0.29, 0.717) is 0 Å². The van der Waals surface area contributed by atoms with Gasteiger partial charge in [0.15, 0.2) is 0 Å². The van der Waals surface area contributed by atoms with Crippen molar-refractivity contribution in [3.63, 3.8) is 0 Å². The predicted octanol–water partition coefficient (Wildman–Crippen LogP) is 5.95. The molecule has 0 N–H and O–H groups in total. The van der Waals surface area contributed by atoms with Crippen LogP contribution in [0.3, 0.4) is 0 Å². The summed E-state index contributed by atoms with van der Waals surface area (Å²) in [4.78, 5) is 4.72. The number of hydrogen-bond acceptors (Lipinski definition) is 1. The number of fused-ring (bicyclic) bond motifs is 9. The molecular weight excluding hydrogens is 304 g/mol. The molecular formula is C23H14N2. The van der Waals surface area contributed by atoms with Crippen LogP contribution in [0.2, 0.25) is 0 Å². The van der Waals surface area contributed by atoms with Crippen molar-refractivity contribution in [3.05, 3.63) is 85.1 Å². The Morgan fingerprint density at radius 3 is 2.12 bits per heavy atom. The largest absolute Gasteiger partial charge is 0.293 e. The fourth-order valence-corrected chi connectivity index (χ4v) is 4.04. The van der Waals surface area contributed by atoms with Gasteiger partial charge in [-0.05, 0) is 52.6 Å². The standard InChI is InChI=1S/C23H14N2/c1-2-7-16-13-20-19(12-15(16)6-1)18-9-5-11-24-23(18)25-21-10-4-3-8-17(21)14-22(20)25/h1-14H. The fraction of sp³-hybridized carbons (Fsp3) is 0. The molecule has 0 aliphatic rings. The Balaban J connectivity index is 2.01. The molecule has 116 valence electrons. The van der Waals surface area contributed by atoms with E-state index < -0.39 is 0 Å². The Morgan fingerprint density at radius 2 is 1.28 bits per heavy atom. The Kier molecular flexibility index (Phi) is 2.37. The fourth-order valence-electron chi connectivity index (χ4n) is 4.04. The molecule has 6 aromatic rings. The molecule has 0 amide bonds. The van der Waals surface area contributed by atoms with Crippen LogP contribution in [0.4, 0.5) is 0 Å². The van der Waals surface area contributed by atoms with Gasteiger partial charge in [-0.1, -0.05) is 42.5 Å². The number of pyridine rings is 2. The molecule has 0 saturated heterocycles. The molecule has 0 aliphatic heterocycles. The molecule has 0 spiro atoms. The molecule has 3 aromatic carbocycles. The van der Waals surface area contributed by atoms with Gasteiger partial charge < -0.3 is 0 Å². The third kappa shape index (κ3) is 1.66. The number of nitrogens with zero attached hydrogens (tertiary/aromatic N) is 2. The molecule has 3 aromatic heterocycles. The summed E-state index contributed by atoms with van der Waals surface area (Å²) in [6.07, 6.45) is 1.88. The van der Waals surface area contributed by atoms with Crippen molar-refractivity contribution < 1.29 is 0 Å². The molecule has 0 radical (unpaired) electrons. The summed E-state index contributed by atoms with van der Waals surface area (Å²) in [5.74, 6) is 0. The minimum atomic E-state index is 1.02. The maximum atomic E-state index is 4.72. The second-order valence-electron chi connectivity index (χ2n) is 6.54. The van der Waals surface area contributed by atoms with Crippen molar-refractivity contribution >= 4 is 49.0 Å². The van der Waals surface area contributed by atoms with E-state index in [1.54, 1.807) is 0 Å². The lowest BCUT2D eigenvalue weighted by atomic mass is 10.0. The second-order valence-corrected chi connectivity index (χ2v) is 6.54. The van der Waals surface area contributed by atoms with Gasteiger partial charge in [0.1, 0.15) is 5.65 Å². The molecule has 3 heterocycles. The van der Waals surface area contributed by atoms with E-state index in [4.69, 9.17) is 4.98 Å². The lowest BCUT2D eigenvalue weighted by Crippen LogP contribution is -1.93. The number of benzene rings is 3. The van der Waals surface area contributed by atoms with Crippen molar-refractivity contribution in [2.45, 2.75) is 0 Å². The van der Waals surface area contributed by atoms with E-state index >= 15 is 0 Å². The van der Waals surface area contributed by atoms with E-state index in [1.807, 2.05) is 12.3 Å². The van der Waals surface area contributed by atoms with Crippen LogP contribution >= 0.6 is 0 Å². The lowest BCUT2D eigenvalue weighted by molar-refractivity contribution is 1.25. The van der Waals surface area contributed by atoms with Crippen LogP contribution in [0.5, 0.6) is 0 Å². The van der Waals surface area contributed by atoms with Crippen molar-refractivity contribution in [1.29, 1.82) is 0 Å². The van der Waals surface area contributed by atoms with Gasteiger partial charge in [-0.25, -0.2) is 4.98 Å². The van der Waals surface area contributed by atoms with E-state index in [-0.39, 0.29) is 0 Å². The van der Waals surface area contributed by atoms with E-state index in [0.717, 1.165) is 5.65 Å². The third-order valence-electron chi connectivity index (χ3n) is 5.16. The number of aromatic nitrogens is 2. The van der Waals surface area contributed by atoms with E-state index in [2.05, 4.69) is 77.2 Å². The maximum Gasteiger partial charge on any atom is 0.145 e. The topological polar surface area (TPSA) is 17.3 Å². The summed E-state index contributed by atoms with van der Waals surface area (Å²) in [6, 6.07) is 28.2. The molecule has 0 saturated carbocycles. The molecule has 0 aliphatic carbocycles. The normalized spacial score (nSPS) is 12.0.